The molecule has 45 nitrogen and oxygen atoms in total. The second kappa shape index (κ2) is 57.3. The number of primary amides is 3. The third-order valence-corrected chi connectivity index (χ3v) is 20.3. The molecule has 0 bridgehead atoms. The minimum Gasteiger partial charge on any atom is -0.480 e. The summed E-state index contributed by atoms with van der Waals surface area (Å²) in [4.78, 5) is 227. The van der Waals surface area contributed by atoms with E-state index in [1.807, 2.05) is 0 Å². The monoisotopic (exact) mass is 1780 g/mol. The lowest BCUT2D eigenvalue weighted by Crippen LogP contribution is -2.61. The third-order valence-electron chi connectivity index (χ3n) is 19.3. The molecule has 47 heteroatoms. The number of carboxylic acids is 1. The number of H-pyrrole nitrogens is 1. The van der Waals surface area contributed by atoms with Crippen LogP contribution in [0.1, 0.15) is 141 Å². The van der Waals surface area contributed by atoms with Crippen LogP contribution in [0.2, 0.25) is 0 Å². The molecule has 0 saturated carbocycles. The van der Waals surface area contributed by atoms with Crippen LogP contribution in [0, 0.1) is 22.1 Å². The van der Waals surface area contributed by atoms with Gasteiger partial charge in [0.05, 0.1) is 12.5 Å². The average molecular weight is 1780 g/mol. The molecule has 3 aromatic rings. The van der Waals surface area contributed by atoms with Gasteiger partial charge in [-0.1, -0.05) is 68.8 Å². The summed E-state index contributed by atoms with van der Waals surface area (Å²) in [7, 11) is 0. The van der Waals surface area contributed by atoms with Crippen molar-refractivity contribution in [1.82, 2.24) is 84.7 Å². The number of para-hydroxylation sites is 1. The van der Waals surface area contributed by atoms with Crippen LogP contribution in [0.5, 0.6) is 0 Å². The largest absolute Gasteiger partial charge is 0.480 e. The number of nitrogens with two attached hydrogens (primary N) is 9. The molecule has 13 atom stereocenters. The first-order chi connectivity index (χ1) is 58.8. The van der Waals surface area contributed by atoms with Crippen molar-refractivity contribution in [1.29, 1.82) is 16.2 Å². The first-order valence-electron chi connectivity index (χ1n) is 40.6. The quantitative estimate of drug-likeness (QED) is 0.0108. The molecule has 2 aromatic carbocycles. The lowest BCUT2D eigenvalue weighted by molar-refractivity contribution is -0.143. The molecule has 124 heavy (non-hydrogen) atoms. The van der Waals surface area contributed by atoms with Gasteiger partial charge in [-0.25, -0.2) is 4.79 Å². The van der Waals surface area contributed by atoms with Crippen LogP contribution in [-0.4, -0.2) is 252 Å². The predicted octanol–water partition coefficient (Wildman–Crippen LogP) is -7.02. The Bertz CT molecular complexity index is 4090. The number of aliphatic carboxylic acids is 1. The molecule has 15 amide bonds. The number of hydrogen-bond acceptors (Lipinski definition) is 24. The van der Waals surface area contributed by atoms with E-state index in [-0.39, 0.29) is 121 Å². The van der Waals surface area contributed by atoms with Gasteiger partial charge in [-0.15, -0.1) is 0 Å². The molecule has 0 unspecified atom stereocenters. The van der Waals surface area contributed by atoms with E-state index in [4.69, 9.17) is 67.8 Å². The number of unbranched alkanes of at least 4 members (excludes halogenated alkanes) is 2. The van der Waals surface area contributed by atoms with Crippen molar-refractivity contribution in [3.05, 3.63) is 71.9 Å². The summed E-state index contributed by atoms with van der Waals surface area (Å²) in [5, 5.41) is 71.6. The van der Waals surface area contributed by atoms with Gasteiger partial charge in [-0.2, -0.15) is 24.4 Å². The SMILES string of the molecule is CSCC[C@H](NC(=O)[C@H](CC(N)=O)NC(=O)[C@H](CCCNC(=N)N)NC(=O)[C@H](CCC(N)=O)NC(=O)[C@H](Cc1c[nH]c2ccccc12)NC(=O)[C@H](CCC(N)=O)NC(=O)[C@H](Cc1ccccc1)NC(=O)[C@H](CS)NC(=O)[C@@H](N)CCCCN)C(=O)N[C@@H](CCCNC(=N)N)C(=O)N[C@@H](CCCCN)C(=O)N[C@H](C(=O)N[C@@H](CCCNC(=N)N)C(=O)O)C(C)C. The summed E-state index contributed by atoms with van der Waals surface area (Å²) in [5.41, 5.74) is 52.4. The van der Waals surface area contributed by atoms with E-state index in [2.05, 4.69) is 97.4 Å². The van der Waals surface area contributed by atoms with Crippen LogP contribution < -0.4 is 131 Å². The first-order valence-corrected chi connectivity index (χ1v) is 42.7. The van der Waals surface area contributed by atoms with Crippen molar-refractivity contribution in [2.24, 2.45) is 57.5 Å². The van der Waals surface area contributed by atoms with E-state index in [9.17, 15) is 77.0 Å². The Hall–Kier alpha value is -12.1. The Labute approximate surface area is 727 Å². The lowest BCUT2D eigenvalue weighted by atomic mass is 10.0. The Balaban J connectivity index is 2.09. The predicted molar refractivity (Wildman–Crippen MR) is 467 cm³/mol. The molecule has 0 aliphatic carbocycles. The lowest BCUT2D eigenvalue weighted by Gasteiger charge is -2.29. The molecule has 38 N–H and O–H groups in total. The summed E-state index contributed by atoms with van der Waals surface area (Å²) in [6.07, 6.45) is 0.689. The molecule has 1 heterocycles. The normalized spacial score (nSPS) is 14.2. The molecule has 3 rings (SSSR count). The summed E-state index contributed by atoms with van der Waals surface area (Å²) in [6, 6.07) is -4.95. The number of thiol groups is 1. The molecule has 0 aliphatic heterocycles. The van der Waals surface area contributed by atoms with Gasteiger partial charge < -0.3 is 141 Å². The number of carbonyl (C=O) groups is 16. The molecule has 0 aliphatic rings. The van der Waals surface area contributed by atoms with Gasteiger partial charge in [0.15, 0.2) is 17.9 Å². The number of aromatic nitrogens is 1. The minimum atomic E-state index is -1.95. The molecule has 1 aromatic heterocycles. The van der Waals surface area contributed by atoms with Gasteiger partial charge in [0.2, 0.25) is 88.6 Å². The topological polar surface area (TPSA) is 795 Å². The van der Waals surface area contributed by atoms with Gasteiger partial charge in [-0.05, 0) is 138 Å². The molecule has 0 fully saturated rings. The van der Waals surface area contributed by atoms with Crippen LogP contribution in [0.25, 0.3) is 10.9 Å². The number of amides is 15. The number of aromatic amines is 1. The maximum absolute atomic E-state index is 15.2. The number of rotatable bonds is 62. The highest BCUT2D eigenvalue weighted by Crippen LogP contribution is 2.21. The van der Waals surface area contributed by atoms with Crippen molar-refractivity contribution in [3.63, 3.8) is 0 Å². The number of nitrogens with one attached hydrogen (secondary N) is 19. The van der Waals surface area contributed by atoms with Crippen molar-refractivity contribution >= 4 is 148 Å². The molecular formula is C77H126N28O17S2. The van der Waals surface area contributed by atoms with Crippen molar-refractivity contribution in [2.75, 3.05) is 50.5 Å². The number of fused-ring (bicyclic) bond motifs is 1. The number of carboxylic acid groups (broad SMARTS) is 1. The summed E-state index contributed by atoms with van der Waals surface area (Å²) >= 11 is 5.50. The first kappa shape index (κ1) is 106. The number of hydrogen-bond donors (Lipinski definition) is 30. The second-order valence-corrected chi connectivity index (χ2v) is 31.1. The fourth-order valence-electron chi connectivity index (χ4n) is 12.6. The number of thioether (sulfide) groups is 1. The van der Waals surface area contributed by atoms with E-state index < -0.39 is 223 Å². The molecule has 0 saturated heterocycles. The third kappa shape index (κ3) is 40.7. The standard InChI is InChI=1S/C77H126N28O17S2/c1-41(2)61(73(120)100-53(74(121)122)24-15-34-92-77(88)89)105-68(115)47(21-10-12-31-79)94-63(110)48(22-13-32-90-75(84)85)96-67(114)52(29-35-124-3)99-71(118)56(38-60(83)108)103-64(111)49(23-14-33-91-76(86)87)95-65(112)50(25-27-58(81)106)98-70(117)55(37-43-39-93-46-20-8-7-18-44(43)46)102-66(113)51(26-28-59(82)107)97-69(116)54(36-42-16-5-4-6-17-42)101-72(119)57(40-123)104-62(109)45(80)19-9-11-30-78/h4-8,16-18,20,39,41,45,47-57,61,93,123H,9-15,19,21-38,40,78-80H2,1-3H3,(H2,81,106)(H2,82,107)(H2,83,108)(H,94,110)(H,95,112)(H,96,114)(H,97,116)(H,98,117)(H,99,118)(H,100,120)(H,101,119)(H,102,113)(H,103,111)(H,104,109)(H,105,115)(H,121,122)(H4,84,85,90)(H4,86,87,91)(H4,88,89,92)/t45-,47-,48-,49-,50-,51-,52-,53-,54-,55-,56-,57-,61-/m0/s1. The highest BCUT2D eigenvalue weighted by Gasteiger charge is 2.39. The average Bonchev–Trinajstić information content (AvgIpc) is 1.64. The van der Waals surface area contributed by atoms with Crippen LogP contribution in [0.15, 0.2) is 60.8 Å². The molecule has 0 spiro atoms. The number of guanidine groups is 3. The van der Waals surface area contributed by atoms with Gasteiger partial charge in [0.1, 0.15) is 72.5 Å². The summed E-state index contributed by atoms with van der Waals surface area (Å²) < 4.78 is 0. The second-order valence-electron chi connectivity index (χ2n) is 29.8. The van der Waals surface area contributed by atoms with Crippen molar-refractivity contribution in [2.45, 2.75) is 221 Å². The van der Waals surface area contributed by atoms with Gasteiger partial charge >= 0.3 is 5.97 Å². The fraction of sp³-hybridized carbons (Fsp3) is 0.571. The number of carbonyl (C=O) groups excluding carboxylic acids is 15. The zero-order valence-electron chi connectivity index (χ0n) is 70.0. The van der Waals surface area contributed by atoms with E-state index in [0.717, 1.165) is 0 Å². The smallest absolute Gasteiger partial charge is 0.326 e. The highest BCUT2D eigenvalue weighted by molar-refractivity contribution is 7.98. The van der Waals surface area contributed by atoms with Crippen molar-refractivity contribution < 1.29 is 81.8 Å². The van der Waals surface area contributed by atoms with E-state index in [0.29, 0.717) is 47.8 Å². The summed E-state index contributed by atoms with van der Waals surface area (Å²) in [6.45, 7) is 3.71. The van der Waals surface area contributed by atoms with Gasteiger partial charge in [0, 0.05) is 68.2 Å². The molecule has 0 radical (unpaired) electrons. The zero-order valence-corrected chi connectivity index (χ0v) is 71.7. The highest BCUT2D eigenvalue weighted by atomic mass is 32.2. The maximum Gasteiger partial charge on any atom is 0.326 e. The van der Waals surface area contributed by atoms with Crippen LogP contribution in [0.4, 0.5) is 0 Å². The number of benzene rings is 2. The Morgan fingerprint density at radius 1 is 0.411 bits per heavy atom. The van der Waals surface area contributed by atoms with E-state index in [1.54, 1.807) is 74.7 Å². The maximum atomic E-state index is 15.2. The van der Waals surface area contributed by atoms with Gasteiger partial charge in [-0.3, -0.25) is 88.1 Å². The van der Waals surface area contributed by atoms with E-state index in [1.165, 1.54) is 18.0 Å². The molecule has 688 valence electrons. The minimum absolute atomic E-state index is 0.00949. The van der Waals surface area contributed by atoms with Crippen molar-refractivity contribution in [3.8, 4) is 0 Å². The molecular weight excluding hydrogens is 1650 g/mol. The Morgan fingerprint density at radius 2 is 0.774 bits per heavy atom. The Morgan fingerprint density at radius 3 is 1.20 bits per heavy atom. The summed E-state index contributed by atoms with van der Waals surface area (Å²) in [5.74, 6) is -18.5. The fourth-order valence-corrected chi connectivity index (χ4v) is 13.3. The van der Waals surface area contributed by atoms with Crippen LogP contribution >= 0.6 is 24.4 Å². The Kier molecular flexibility index (Phi) is 49.0. The van der Waals surface area contributed by atoms with Gasteiger partial charge in [0.25, 0.3) is 0 Å². The van der Waals surface area contributed by atoms with Crippen LogP contribution in [0.3, 0.4) is 0 Å². The van der Waals surface area contributed by atoms with Crippen LogP contribution in [-0.2, 0) is 89.6 Å². The zero-order chi connectivity index (χ0) is 92.5. The van der Waals surface area contributed by atoms with E-state index >= 15 is 4.79 Å².